The quantitative estimate of drug-likeness (QED) is 0.357. The van der Waals surface area contributed by atoms with E-state index in [4.69, 9.17) is 19.8 Å². The molecule has 1 heterocycles. The van der Waals surface area contributed by atoms with Gasteiger partial charge in [-0.25, -0.2) is 0 Å². The summed E-state index contributed by atoms with van der Waals surface area (Å²) < 4.78 is 12.3. The van der Waals surface area contributed by atoms with Crippen LogP contribution in [-0.4, -0.2) is 23.3 Å². The van der Waals surface area contributed by atoms with Crippen LogP contribution in [0.3, 0.4) is 0 Å². The average molecular weight is 414 g/mol. The van der Waals surface area contributed by atoms with Gasteiger partial charge in [0.05, 0.1) is 19.1 Å². The van der Waals surface area contributed by atoms with Crippen molar-refractivity contribution in [3.05, 3.63) is 34.4 Å². The summed E-state index contributed by atoms with van der Waals surface area (Å²) in [7, 11) is 0. The minimum atomic E-state index is -0.854. The van der Waals surface area contributed by atoms with Crippen molar-refractivity contribution in [2.24, 2.45) is 0 Å². The minimum Gasteiger partial charge on any atom is -0.492 e. The third kappa shape index (κ3) is 6.26. The fourth-order valence-corrected chi connectivity index (χ4v) is 3.98. The summed E-state index contributed by atoms with van der Waals surface area (Å²) in [5.41, 5.74) is 4.00. The van der Waals surface area contributed by atoms with Crippen LogP contribution in [0.5, 0.6) is 11.5 Å². The molecular formula is C25H35NO4. The monoisotopic (exact) mass is 413 g/mol. The Balaban J connectivity index is 2.03. The first-order valence-electron chi connectivity index (χ1n) is 11.0. The number of allylic oxidation sites excluding steroid dienone is 1. The number of unbranched alkanes of at least 4 members (excludes halogenated alkanes) is 5. The lowest BCUT2D eigenvalue weighted by atomic mass is 9.86. The van der Waals surface area contributed by atoms with E-state index >= 15 is 0 Å². The normalized spacial score (nSPS) is 18.0. The van der Waals surface area contributed by atoms with Gasteiger partial charge in [-0.2, -0.15) is 5.26 Å². The van der Waals surface area contributed by atoms with E-state index in [1.165, 1.54) is 5.56 Å². The van der Waals surface area contributed by atoms with Crippen LogP contribution < -0.4 is 9.47 Å². The molecule has 2 rings (SSSR count). The molecule has 0 amide bonds. The first kappa shape index (κ1) is 23.8. The maximum absolute atomic E-state index is 10.8. The third-order valence-electron chi connectivity index (χ3n) is 5.96. The van der Waals surface area contributed by atoms with Crippen molar-refractivity contribution in [2.45, 2.75) is 91.1 Å². The molecule has 1 unspecified atom stereocenters. The predicted octanol–water partition coefficient (Wildman–Crippen LogP) is 5.97. The molecule has 164 valence electrons. The average Bonchev–Trinajstić information content (AvgIpc) is 2.70. The number of carboxylic acid groups (broad SMARTS) is 1. The van der Waals surface area contributed by atoms with Gasteiger partial charge in [-0.05, 0) is 82.6 Å². The maximum Gasteiger partial charge on any atom is 0.306 e. The first-order valence-corrected chi connectivity index (χ1v) is 11.0. The number of nitrogens with zero attached hydrogens (tertiary/aromatic N) is 1. The Morgan fingerprint density at radius 3 is 2.63 bits per heavy atom. The van der Waals surface area contributed by atoms with Gasteiger partial charge >= 0.3 is 5.97 Å². The van der Waals surface area contributed by atoms with Gasteiger partial charge in [0.15, 0.2) is 0 Å². The van der Waals surface area contributed by atoms with Gasteiger partial charge in [0.1, 0.15) is 17.1 Å². The molecular weight excluding hydrogens is 378 g/mol. The SMILES string of the molecule is Cc1c(C)c2c(c(C)c1OCCC(=O)O)CCC(C)(C=CCCCCCCC#N)O2. The summed E-state index contributed by atoms with van der Waals surface area (Å²) in [5, 5.41) is 17.4. The largest absolute Gasteiger partial charge is 0.492 e. The van der Waals surface area contributed by atoms with Crippen LogP contribution in [0.15, 0.2) is 12.2 Å². The van der Waals surface area contributed by atoms with Gasteiger partial charge in [0, 0.05) is 12.0 Å². The second-order valence-corrected chi connectivity index (χ2v) is 8.43. The fraction of sp³-hybridized carbons (Fsp3) is 0.600. The molecule has 0 saturated carbocycles. The summed E-state index contributed by atoms with van der Waals surface area (Å²) in [4.78, 5) is 10.8. The van der Waals surface area contributed by atoms with Crippen molar-refractivity contribution in [3.8, 4) is 17.6 Å². The lowest BCUT2D eigenvalue weighted by molar-refractivity contribution is -0.137. The Kier molecular flexibility index (Phi) is 8.77. The number of rotatable bonds is 11. The van der Waals surface area contributed by atoms with Gasteiger partial charge < -0.3 is 14.6 Å². The molecule has 0 aliphatic carbocycles. The summed E-state index contributed by atoms with van der Waals surface area (Å²) in [5.74, 6) is 0.894. The molecule has 1 aromatic carbocycles. The second-order valence-electron chi connectivity index (χ2n) is 8.43. The maximum atomic E-state index is 10.8. The van der Waals surface area contributed by atoms with E-state index in [9.17, 15) is 4.79 Å². The summed E-state index contributed by atoms with van der Waals surface area (Å²) in [6, 6.07) is 2.19. The molecule has 1 atom stereocenters. The standard InChI is InChI=1S/C25H35NO4/c1-18-19(2)24-21(20(3)23(18)29-17-13-22(27)28)12-15-25(4,30-24)14-10-8-6-5-7-9-11-16-26/h10,14H,5-9,11-13,15,17H2,1-4H3,(H,27,28). The van der Waals surface area contributed by atoms with Crippen LogP contribution in [0.2, 0.25) is 0 Å². The van der Waals surface area contributed by atoms with Crippen molar-refractivity contribution in [1.82, 2.24) is 0 Å². The number of nitriles is 1. The Morgan fingerprint density at radius 1 is 1.20 bits per heavy atom. The van der Waals surface area contributed by atoms with Crippen LogP contribution in [0, 0.1) is 32.1 Å². The fourth-order valence-electron chi connectivity index (χ4n) is 3.98. The van der Waals surface area contributed by atoms with Crippen molar-refractivity contribution in [2.75, 3.05) is 6.61 Å². The van der Waals surface area contributed by atoms with E-state index in [0.29, 0.717) is 6.42 Å². The zero-order chi connectivity index (χ0) is 22.1. The second kappa shape index (κ2) is 11.1. The van der Waals surface area contributed by atoms with E-state index in [0.717, 1.165) is 73.1 Å². The number of carbonyl (C=O) groups is 1. The Hall–Kier alpha value is -2.48. The number of benzene rings is 1. The number of hydrogen-bond acceptors (Lipinski definition) is 4. The molecule has 0 aromatic heterocycles. The van der Waals surface area contributed by atoms with E-state index in [1.807, 2.05) is 20.8 Å². The van der Waals surface area contributed by atoms with Crippen molar-refractivity contribution in [3.63, 3.8) is 0 Å². The van der Waals surface area contributed by atoms with Gasteiger partial charge in [-0.15, -0.1) is 0 Å². The highest BCUT2D eigenvalue weighted by molar-refractivity contribution is 5.67. The Bertz CT molecular complexity index is 822. The molecule has 0 fully saturated rings. The first-order chi connectivity index (χ1) is 14.3. The lowest BCUT2D eigenvalue weighted by Crippen LogP contribution is -2.35. The molecule has 30 heavy (non-hydrogen) atoms. The van der Waals surface area contributed by atoms with Gasteiger partial charge in [-0.1, -0.05) is 18.9 Å². The molecule has 1 N–H and O–H groups in total. The molecule has 0 radical (unpaired) electrons. The predicted molar refractivity (Wildman–Crippen MR) is 118 cm³/mol. The molecule has 0 spiro atoms. The molecule has 0 bridgehead atoms. The highest BCUT2D eigenvalue weighted by Crippen LogP contribution is 2.44. The van der Waals surface area contributed by atoms with Crippen LogP contribution in [0.25, 0.3) is 0 Å². The van der Waals surface area contributed by atoms with Crippen molar-refractivity contribution >= 4 is 5.97 Å². The number of ether oxygens (including phenoxy) is 2. The zero-order valence-electron chi connectivity index (χ0n) is 18.8. The van der Waals surface area contributed by atoms with Crippen LogP contribution in [0.1, 0.15) is 80.5 Å². The smallest absolute Gasteiger partial charge is 0.306 e. The molecule has 1 aliphatic heterocycles. The van der Waals surface area contributed by atoms with Gasteiger partial charge in [0.2, 0.25) is 0 Å². The van der Waals surface area contributed by atoms with E-state index in [2.05, 4.69) is 25.1 Å². The van der Waals surface area contributed by atoms with Crippen molar-refractivity contribution < 1.29 is 19.4 Å². The highest BCUT2D eigenvalue weighted by Gasteiger charge is 2.32. The Labute approximate surface area is 180 Å². The van der Waals surface area contributed by atoms with Crippen molar-refractivity contribution in [1.29, 1.82) is 5.26 Å². The van der Waals surface area contributed by atoms with Gasteiger partial charge in [0.25, 0.3) is 0 Å². The number of carboxylic acids is 1. The Morgan fingerprint density at radius 2 is 1.93 bits per heavy atom. The molecule has 1 aliphatic rings. The lowest BCUT2D eigenvalue weighted by Gasteiger charge is -2.36. The number of hydrogen-bond donors (Lipinski definition) is 1. The van der Waals surface area contributed by atoms with E-state index in [-0.39, 0.29) is 18.6 Å². The topological polar surface area (TPSA) is 79.5 Å². The summed E-state index contributed by atoms with van der Waals surface area (Å²) in [6.45, 7) is 8.41. The van der Waals surface area contributed by atoms with Crippen LogP contribution >= 0.6 is 0 Å². The summed E-state index contributed by atoms with van der Waals surface area (Å²) in [6.07, 6.45) is 12.3. The van der Waals surface area contributed by atoms with E-state index in [1.54, 1.807) is 0 Å². The minimum absolute atomic E-state index is 0.00724. The van der Waals surface area contributed by atoms with Gasteiger partial charge in [-0.3, -0.25) is 4.79 Å². The summed E-state index contributed by atoms with van der Waals surface area (Å²) >= 11 is 0. The number of fused-ring (bicyclic) bond motifs is 1. The molecule has 5 nitrogen and oxygen atoms in total. The third-order valence-corrected chi connectivity index (χ3v) is 5.96. The van der Waals surface area contributed by atoms with Crippen LogP contribution in [0.4, 0.5) is 0 Å². The zero-order valence-corrected chi connectivity index (χ0v) is 18.8. The number of aliphatic carboxylic acids is 1. The highest BCUT2D eigenvalue weighted by atomic mass is 16.5. The molecule has 1 aromatic rings. The van der Waals surface area contributed by atoms with E-state index < -0.39 is 5.97 Å². The molecule has 5 heteroatoms. The molecule has 0 saturated heterocycles. The van der Waals surface area contributed by atoms with Crippen LogP contribution in [-0.2, 0) is 11.2 Å².